The van der Waals surface area contributed by atoms with Gasteiger partial charge in [0, 0.05) is 36.9 Å². The van der Waals surface area contributed by atoms with Crippen LogP contribution in [0.3, 0.4) is 0 Å². The van der Waals surface area contributed by atoms with Gasteiger partial charge in [0.25, 0.3) is 0 Å². The summed E-state index contributed by atoms with van der Waals surface area (Å²) >= 11 is 0. The summed E-state index contributed by atoms with van der Waals surface area (Å²) in [4.78, 5) is 44.6. The first-order valence-electron chi connectivity index (χ1n) is 11.8. The second-order valence-electron chi connectivity index (χ2n) is 8.83. The maximum Gasteiger partial charge on any atom is 0.357 e. The van der Waals surface area contributed by atoms with Gasteiger partial charge in [-0.05, 0) is 68.7 Å². The smallest absolute Gasteiger partial charge is 0.357 e. The van der Waals surface area contributed by atoms with E-state index in [9.17, 15) is 14.7 Å². The van der Waals surface area contributed by atoms with Gasteiger partial charge in [0.15, 0.2) is 0 Å². The highest BCUT2D eigenvalue weighted by Crippen LogP contribution is 2.21. The average molecular weight is 493 g/mol. The highest BCUT2D eigenvalue weighted by Gasteiger charge is 2.22. The fourth-order valence-electron chi connectivity index (χ4n) is 3.35. The monoisotopic (exact) mass is 492 g/mol. The summed E-state index contributed by atoms with van der Waals surface area (Å²) in [6.45, 7) is 8.16. The fourth-order valence-corrected chi connectivity index (χ4v) is 3.35. The first kappa shape index (κ1) is 26.9. The van der Waals surface area contributed by atoms with Crippen LogP contribution in [0, 0.1) is 0 Å². The van der Waals surface area contributed by atoms with E-state index in [-0.39, 0.29) is 25.2 Å². The van der Waals surface area contributed by atoms with E-state index < -0.39 is 11.9 Å². The second kappa shape index (κ2) is 12.9. The summed E-state index contributed by atoms with van der Waals surface area (Å²) in [5, 5.41) is 12.9. The van der Waals surface area contributed by atoms with Crippen molar-refractivity contribution in [2.24, 2.45) is 0 Å². The molecule has 0 aliphatic rings. The Kier molecular flexibility index (Phi) is 9.63. The Morgan fingerprint density at radius 2 is 1.19 bits per heavy atom. The van der Waals surface area contributed by atoms with Crippen LogP contribution in [0.4, 0.5) is 0 Å². The summed E-state index contributed by atoms with van der Waals surface area (Å²) in [6.07, 6.45) is 6.14. The minimum Gasteiger partial charge on any atom is -0.392 e. The van der Waals surface area contributed by atoms with Gasteiger partial charge in [-0.25, -0.2) is 9.59 Å². The number of rotatable bonds is 11. The number of aromatic nitrogens is 2. The molecule has 0 aliphatic carbocycles. The molecule has 36 heavy (non-hydrogen) atoms. The van der Waals surface area contributed by atoms with Gasteiger partial charge < -0.3 is 14.8 Å². The van der Waals surface area contributed by atoms with Gasteiger partial charge in [-0.15, -0.1) is 10.1 Å². The lowest BCUT2D eigenvalue weighted by Gasteiger charge is -2.29. The van der Waals surface area contributed by atoms with Crippen molar-refractivity contribution in [2.45, 2.75) is 59.5 Å². The molecule has 0 bridgehead atoms. The highest BCUT2D eigenvalue weighted by molar-refractivity contribution is 5.89. The molecule has 3 rings (SSSR count). The van der Waals surface area contributed by atoms with Crippen molar-refractivity contribution in [2.75, 3.05) is 0 Å². The number of nitrogens with zero attached hydrogens (tertiary/aromatic N) is 4. The number of carbonyl (C=O) groups excluding carboxylic acids is 2. The van der Waals surface area contributed by atoms with Crippen LogP contribution in [0.15, 0.2) is 67.3 Å². The van der Waals surface area contributed by atoms with Crippen LogP contribution in [0.5, 0.6) is 0 Å². The molecule has 9 heteroatoms. The van der Waals surface area contributed by atoms with Crippen molar-refractivity contribution in [3.8, 4) is 0 Å². The number of aliphatic hydroxyl groups is 1. The minimum absolute atomic E-state index is 0.105. The molecule has 0 saturated carbocycles. The normalized spacial score (nSPS) is 11.4. The van der Waals surface area contributed by atoms with E-state index in [1.807, 2.05) is 45.9 Å². The summed E-state index contributed by atoms with van der Waals surface area (Å²) in [5.41, 5.74) is 3.23. The molecule has 0 amide bonds. The first-order chi connectivity index (χ1) is 17.3. The average Bonchev–Trinajstić information content (AvgIpc) is 2.89. The minimum atomic E-state index is -0.485. The zero-order valence-corrected chi connectivity index (χ0v) is 21.0. The van der Waals surface area contributed by atoms with Crippen LogP contribution in [0.1, 0.15) is 65.1 Å². The zero-order valence-electron chi connectivity index (χ0n) is 21.0. The number of pyridine rings is 2. The molecule has 0 aliphatic heterocycles. The van der Waals surface area contributed by atoms with Gasteiger partial charge >= 0.3 is 11.9 Å². The summed E-state index contributed by atoms with van der Waals surface area (Å²) < 4.78 is 0. The first-order valence-corrected chi connectivity index (χ1v) is 11.8. The Morgan fingerprint density at radius 1 is 0.750 bits per heavy atom. The summed E-state index contributed by atoms with van der Waals surface area (Å²) in [6, 6.07) is 11.7. The lowest BCUT2D eigenvalue weighted by molar-refractivity contribution is -0.142. The fraction of sp³-hybridized carbons (Fsp3) is 0.333. The Balaban J connectivity index is 1.82. The molecule has 1 N–H and O–H groups in total. The number of hydrogen-bond donors (Lipinski definition) is 1. The van der Waals surface area contributed by atoms with E-state index in [0.29, 0.717) is 17.7 Å². The van der Waals surface area contributed by atoms with Gasteiger partial charge in [0.2, 0.25) is 0 Å². The van der Waals surface area contributed by atoms with E-state index >= 15 is 0 Å². The third kappa shape index (κ3) is 7.42. The molecule has 9 nitrogen and oxygen atoms in total. The highest BCUT2D eigenvalue weighted by atomic mass is 16.7. The third-order valence-electron chi connectivity index (χ3n) is 5.49. The lowest BCUT2D eigenvalue weighted by atomic mass is 10.0. The SMILES string of the molecule is CC(C)N(Cc1ccc(CO)cc1CN(OC(=O)c1ccncc1)C(C)C)OC(=O)c1ccncc1. The predicted octanol–water partition coefficient (Wildman–Crippen LogP) is 3.93. The molecule has 0 saturated heterocycles. The van der Waals surface area contributed by atoms with Crippen molar-refractivity contribution in [3.05, 3.63) is 95.1 Å². The van der Waals surface area contributed by atoms with E-state index in [1.54, 1.807) is 34.4 Å². The molecule has 0 fully saturated rings. The van der Waals surface area contributed by atoms with Crippen LogP contribution < -0.4 is 0 Å². The predicted molar refractivity (Wildman–Crippen MR) is 133 cm³/mol. The maximum absolute atomic E-state index is 12.7. The molecule has 0 atom stereocenters. The molecular weight excluding hydrogens is 460 g/mol. The van der Waals surface area contributed by atoms with E-state index in [1.165, 1.54) is 24.8 Å². The molecule has 1 aromatic carbocycles. The molecule has 2 heterocycles. The van der Waals surface area contributed by atoms with Gasteiger partial charge in [-0.3, -0.25) is 9.97 Å². The van der Waals surface area contributed by atoms with Gasteiger partial charge in [0.05, 0.1) is 30.8 Å². The molecule has 2 aromatic heterocycles. The van der Waals surface area contributed by atoms with Crippen molar-refractivity contribution in [1.29, 1.82) is 0 Å². The number of carbonyl (C=O) groups is 2. The lowest BCUT2D eigenvalue weighted by Crippen LogP contribution is -2.35. The Hall–Kier alpha value is -3.66. The van der Waals surface area contributed by atoms with E-state index in [4.69, 9.17) is 9.68 Å². The number of hydroxylamine groups is 4. The van der Waals surface area contributed by atoms with Gasteiger partial charge in [-0.1, -0.05) is 18.2 Å². The second-order valence-corrected chi connectivity index (χ2v) is 8.83. The summed E-state index contributed by atoms with van der Waals surface area (Å²) in [7, 11) is 0. The van der Waals surface area contributed by atoms with Crippen LogP contribution in [-0.4, -0.2) is 49.2 Å². The molecule has 190 valence electrons. The van der Waals surface area contributed by atoms with E-state index in [2.05, 4.69) is 9.97 Å². The quantitative estimate of drug-likeness (QED) is 0.399. The van der Waals surface area contributed by atoms with Crippen molar-refractivity contribution in [1.82, 2.24) is 20.1 Å². The van der Waals surface area contributed by atoms with Gasteiger partial charge in [0.1, 0.15) is 0 Å². The largest absolute Gasteiger partial charge is 0.392 e. The summed E-state index contributed by atoms with van der Waals surface area (Å²) in [5.74, 6) is -0.962. The number of aliphatic hydroxyl groups excluding tert-OH is 1. The number of benzene rings is 1. The number of hydrogen-bond acceptors (Lipinski definition) is 9. The molecule has 3 aromatic rings. The Labute approximate surface area is 211 Å². The van der Waals surface area contributed by atoms with Crippen LogP contribution >= 0.6 is 0 Å². The van der Waals surface area contributed by atoms with Crippen LogP contribution in [0.2, 0.25) is 0 Å². The topological polar surface area (TPSA) is 105 Å². The van der Waals surface area contributed by atoms with Crippen LogP contribution in [-0.2, 0) is 29.4 Å². The molecule has 0 unspecified atom stereocenters. The molecular formula is C27H32N4O5. The Morgan fingerprint density at radius 3 is 1.61 bits per heavy atom. The van der Waals surface area contributed by atoms with Crippen molar-refractivity contribution >= 4 is 11.9 Å². The molecule has 0 radical (unpaired) electrons. The third-order valence-corrected chi connectivity index (χ3v) is 5.49. The zero-order chi connectivity index (χ0) is 26.1. The maximum atomic E-state index is 12.7. The van der Waals surface area contributed by atoms with Crippen LogP contribution in [0.25, 0.3) is 0 Å². The molecule has 0 spiro atoms. The Bertz CT molecular complexity index is 1140. The van der Waals surface area contributed by atoms with Gasteiger partial charge in [-0.2, -0.15) is 0 Å². The van der Waals surface area contributed by atoms with Crippen molar-refractivity contribution in [3.63, 3.8) is 0 Å². The van der Waals surface area contributed by atoms with Crippen molar-refractivity contribution < 1.29 is 24.4 Å². The standard InChI is InChI=1S/C27H32N4O5/c1-19(2)30(35-26(33)22-7-11-28-12-8-22)16-24-6-5-21(18-32)15-25(24)17-31(20(3)4)36-27(34)23-9-13-29-14-10-23/h5-15,19-20,32H,16-18H2,1-4H3. The van der Waals surface area contributed by atoms with E-state index in [0.717, 1.165) is 16.7 Å².